The first kappa shape index (κ1) is 15.1. The molecular weight excluding hydrogens is 286 g/mol. The topological polar surface area (TPSA) is 71.1 Å². The highest BCUT2D eigenvalue weighted by Gasteiger charge is 2.08. The molecule has 6 heteroatoms. The molecule has 1 aromatic heterocycles. The van der Waals surface area contributed by atoms with Gasteiger partial charge in [0.25, 0.3) is 5.91 Å². The van der Waals surface area contributed by atoms with Crippen molar-refractivity contribution in [3.05, 3.63) is 59.9 Å². The van der Waals surface area contributed by atoms with Crippen LogP contribution in [0.25, 0.3) is 0 Å². The summed E-state index contributed by atoms with van der Waals surface area (Å²) in [6.45, 7) is 2.01. The molecule has 0 aliphatic heterocycles. The third kappa shape index (κ3) is 4.92. The van der Waals surface area contributed by atoms with Gasteiger partial charge in [-0.05, 0) is 31.2 Å². The number of aromatic nitrogens is 1. The van der Waals surface area contributed by atoms with Crippen LogP contribution in [-0.4, -0.2) is 22.6 Å². The SMILES string of the molecule is Cc1ccc(SCC(=O)NNC(=O)c2ccccn2)cc1. The molecule has 0 atom stereocenters. The van der Waals surface area contributed by atoms with Gasteiger partial charge in [-0.2, -0.15) is 0 Å². The molecule has 0 saturated carbocycles. The lowest BCUT2D eigenvalue weighted by Gasteiger charge is -2.06. The maximum atomic E-state index is 11.7. The Morgan fingerprint density at radius 2 is 1.86 bits per heavy atom. The van der Waals surface area contributed by atoms with Gasteiger partial charge in [0.2, 0.25) is 5.91 Å². The summed E-state index contributed by atoms with van der Waals surface area (Å²) in [5.74, 6) is -0.486. The molecule has 2 rings (SSSR count). The van der Waals surface area contributed by atoms with Crippen molar-refractivity contribution in [1.29, 1.82) is 0 Å². The maximum Gasteiger partial charge on any atom is 0.288 e. The van der Waals surface area contributed by atoms with E-state index in [1.54, 1.807) is 18.2 Å². The normalized spacial score (nSPS) is 9.95. The molecule has 5 nitrogen and oxygen atoms in total. The highest BCUT2D eigenvalue weighted by atomic mass is 32.2. The molecule has 0 aliphatic rings. The average Bonchev–Trinajstić information content (AvgIpc) is 2.53. The lowest BCUT2D eigenvalue weighted by molar-refractivity contribution is -0.119. The minimum Gasteiger partial charge on any atom is -0.272 e. The number of benzene rings is 1. The number of thioether (sulfide) groups is 1. The first-order valence-corrected chi connectivity index (χ1v) is 7.33. The fourth-order valence-corrected chi connectivity index (χ4v) is 2.21. The van der Waals surface area contributed by atoms with E-state index in [1.807, 2.05) is 31.2 Å². The zero-order valence-corrected chi connectivity index (χ0v) is 12.3. The molecule has 0 radical (unpaired) electrons. The van der Waals surface area contributed by atoms with E-state index >= 15 is 0 Å². The van der Waals surface area contributed by atoms with E-state index in [0.29, 0.717) is 0 Å². The third-order valence-electron chi connectivity index (χ3n) is 2.60. The van der Waals surface area contributed by atoms with Gasteiger partial charge < -0.3 is 0 Å². The van der Waals surface area contributed by atoms with Crippen molar-refractivity contribution in [1.82, 2.24) is 15.8 Å². The number of carbonyl (C=O) groups excluding carboxylic acids is 2. The first-order valence-electron chi connectivity index (χ1n) is 6.35. The van der Waals surface area contributed by atoms with Crippen molar-refractivity contribution < 1.29 is 9.59 Å². The van der Waals surface area contributed by atoms with Gasteiger partial charge in [0.15, 0.2) is 0 Å². The van der Waals surface area contributed by atoms with E-state index in [-0.39, 0.29) is 17.4 Å². The van der Waals surface area contributed by atoms with Gasteiger partial charge in [0, 0.05) is 11.1 Å². The van der Waals surface area contributed by atoms with Crippen molar-refractivity contribution in [3.8, 4) is 0 Å². The Labute approximate surface area is 127 Å². The Bertz CT molecular complexity index is 615. The Morgan fingerprint density at radius 3 is 2.52 bits per heavy atom. The summed E-state index contributed by atoms with van der Waals surface area (Å²) < 4.78 is 0. The zero-order valence-electron chi connectivity index (χ0n) is 11.5. The molecule has 0 aliphatic carbocycles. The summed E-state index contributed by atoms with van der Waals surface area (Å²) in [6, 6.07) is 12.9. The van der Waals surface area contributed by atoms with E-state index < -0.39 is 5.91 Å². The van der Waals surface area contributed by atoms with E-state index in [2.05, 4.69) is 15.8 Å². The second-order valence-corrected chi connectivity index (χ2v) is 5.37. The van der Waals surface area contributed by atoms with Crippen molar-refractivity contribution in [2.24, 2.45) is 0 Å². The molecule has 2 amide bonds. The molecule has 0 fully saturated rings. The van der Waals surface area contributed by atoms with Gasteiger partial charge in [-0.3, -0.25) is 25.4 Å². The first-order chi connectivity index (χ1) is 10.1. The lowest BCUT2D eigenvalue weighted by atomic mass is 10.2. The predicted molar refractivity (Wildman–Crippen MR) is 81.7 cm³/mol. The van der Waals surface area contributed by atoms with E-state index in [9.17, 15) is 9.59 Å². The maximum absolute atomic E-state index is 11.7. The molecule has 0 spiro atoms. The lowest BCUT2D eigenvalue weighted by Crippen LogP contribution is -2.42. The largest absolute Gasteiger partial charge is 0.288 e. The van der Waals surface area contributed by atoms with Crippen molar-refractivity contribution in [2.45, 2.75) is 11.8 Å². The minimum absolute atomic E-state index is 0.228. The van der Waals surface area contributed by atoms with E-state index in [0.717, 1.165) is 4.90 Å². The zero-order chi connectivity index (χ0) is 15.1. The van der Waals surface area contributed by atoms with Gasteiger partial charge in [-0.1, -0.05) is 23.8 Å². The Kier molecular flexibility index (Phi) is 5.34. The highest BCUT2D eigenvalue weighted by Crippen LogP contribution is 2.17. The molecule has 2 N–H and O–H groups in total. The van der Waals surface area contributed by atoms with Crippen molar-refractivity contribution in [2.75, 3.05) is 5.75 Å². The van der Waals surface area contributed by atoms with Crippen LogP contribution in [0.2, 0.25) is 0 Å². The van der Waals surface area contributed by atoms with Crippen molar-refractivity contribution >= 4 is 23.6 Å². The van der Waals surface area contributed by atoms with Gasteiger partial charge >= 0.3 is 0 Å². The number of hydrogen-bond donors (Lipinski definition) is 2. The molecule has 21 heavy (non-hydrogen) atoms. The summed E-state index contributed by atoms with van der Waals surface area (Å²) in [6.07, 6.45) is 1.52. The average molecular weight is 301 g/mol. The number of pyridine rings is 1. The van der Waals surface area contributed by atoms with Crippen LogP contribution in [-0.2, 0) is 4.79 Å². The number of rotatable bonds is 4. The molecule has 0 bridgehead atoms. The van der Waals surface area contributed by atoms with E-state index in [1.165, 1.54) is 23.5 Å². The number of carbonyl (C=O) groups is 2. The van der Waals surface area contributed by atoms with Gasteiger partial charge in [0.1, 0.15) is 5.69 Å². The number of nitrogens with zero attached hydrogens (tertiary/aromatic N) is 1. The number of hydrazine groups is 1. The van der Waals surface area contributed by atoms with Crippen LogP contribution >= 0.6 is 11.8 Å². The van der Waals surface area contributed by atoms with Crippen LogP contribution in [0, 0.1) is 6.92 Å². The molecule has 2 aromatic rings. The van der Waals surface area contributed by atoms with Gasteiger partial charge in [0.05, 0.1) is 5.75 Å². The van der Waals surface area contributed by atoms with Gasteiger partial charge in [-0.15, -0.1) is 11.8 Å². The second kappa shape index (κ2) is 7.44. The Morgan fingerprint density at radius 1 is 1.10 bits per heavy atom. The highest BCUT2D eigenvalue weighted by molar-refractivity contribution is 8.00. The number of nitrogens with one attached hydrogen (secondary N) is 2. The molecule has 1 aromatic carbocycles. The van der Waals surface area contributed by atoms with Crippen LogP contribution in [0.3, 0.4) is 0 Å². The summed E-state index contributed by atoms with van der Waals surface area (Å²) in [7, 11) is 0. The molecular formula is C15H15N3O2S. The van der Waals surface area contributed by atoms with Crippen LogP contribution in [0.4, 0.5) is 0 Å². The van der Waals surface area contributed by atoms with Crippen LogP contribution < -0.4 is 10.9 Å². The van der Waals surface area contributed by atoms with Crippen LogP contribution in [0.15, 0.2) is 53.6 Å². The molecule has 1 heterocycles. The van der Waals surface area contributed by atoms with Crippen LogP contribution in [0.5, 0.6) is 0 Å². The third-order valence-corrected chi connectivity index (χ3v) is 3.62. The number of amides is 2. The Hall–Kier alpha value is -2.34. The second-order valence-electron chi connectivity index (χ2n) is 4.32. The number of aryl methyl sites for hydroxylation is 1. The smallest absolute Gasteiger partial charge is 0.272 e. The van der Waals surface area contributed by atoms with Crippen molar-refractivity contribution in [3.63, 3.8) is 0 Å². The minimum atomic E-state index is -0.440. The molecule has 108 valence electrons. The molecule has 0 saturated heterocycles. The predicted octanol–water partition coefficient (Wildman–Crippen LogP) is 1.94. The van der Waals surface area contributed by atoms with Gasteiger partial charge in [-0.25, -0.2) is 0 Å². The summed E-state index contributed by atoms with van der Waals surface area (Å²) in [5.41, 5.74) is 6.12. The van der Waals surface area contributed by atoms with E-state index in [4.69, 9.17) is 0 Å². The van der Waals surface area contributed by atoms with Crippen LogP contribution in [0.1, 0.15) is 16.1 Å². The monoisotopic (exact) mass is 301 g/mol. The Balaban J connectivity index is 1.75. The summed E-state index contributed by atoms with van der Waals surface area (Å²) >= 11 is 1.41. The summed E-state index contributed by atoms with van der Waals surface area (Å²) in [5, 5.41) is 0. The fourth-order valence-electron chi connectivity index (χ4n) is 1.51. The summed E-state index contributed by atoms with van der Waals surface area (Å²) in [4.78, 5) is 28.2. The quantitative estimate of drug-likeness (QED) is 0.669. The number of hydrogen-bond acceptors (Lipinski definition) is 4. The standard InChI is InChI=1S/C15H15N3O2S/c1-11-5-7-12(8-6-11)21-10-14(19)17-18-15(20)13-4-2-3-9-16-13/h2-9H,10H2,1H3,(H,17,19)(H,18,20). The molecule has 0 unspecified atom stereocenters. The fraction of sp³-hybridized carbons (Fsp3) is 0.133.